The van der Waals surface area contributed by atoms with Gasteiger partial charge in [0.2, 0.25) is 6.43 Å². The molecule has 0 saturated carbocycles. The van der Waals surface area contributed by atoms with Gasteiger partial charge < -0.3 is 5.73 Å². The lowest BCUT2D eigenvalue weighted by atomic mass is 9.85. The molecule has 0 bridgehead atoms. The Morgan fingerprint density at radius 3 is 2.00 bits per heavy atom. The van der Waals surface area contributed by atoms with E-state index in [-0.39, 0.29) is 0 Å². The molecule has 0 radical (unpaired) electrons. The van der Waals surface area contributed by atoms with Crippen molar-refractivity contribution in [3.63, 3.8) is 0 Å². The number of alkyl halides is 2. The van der Waals surface area contributed by atoms with E-state index in [0.717, 1.165) is 0 Å². The number of nitrogen functional groups attached to an aromatic ring is 1. The topological polar surface area (TPSA) is 26.0 Å². The van der Waals surface area contributed by atoms with Crippen molar-refractivity contribution in [2.24, 2.45) is 0 Å². The summed E-state index contributed by atoms with van der Waals surface area (Å²) in [5.74, 6) is 0. The van der Waals surface area contributed by atoms with Gasteiger partial charge in [-0.25, -0.2) is 8.78 Å². The Labute approximate surface area is 76.6 Å². The van der Waals surface area contributed by atoms with Gasteiger partial charge in [-0.2, -0.15) is 0 Å². The van der Waals surface area contributed by atoms with E-state index < -0.39 is 11.8 Å². The Morgan fingerprint density at radius 1 is 1.15 bits per heavy atom. The third kappa shape index (κ3) is 1.97. The van der Waals surface area contributed by atoms with E-state index in [1.807, 2.05) is 0 Å². The predicted octanol–water partition coefficient (Wildman–Crippen LogP) is 2.81. The van der Waals surface area contributed by atoms with Gasteiger partial charge in [-0.15, -0.1) is 0 Å². The molecule has 0 aliphatic heterocycles. The fourth-order valence-corrected chi connectivity index (χ4v) is 1.04. The second-order valence-corrected chi connectivity index (χ2v) is 3.64. The number of anilines is 1. The van der Waals surface area contributed by atoms with E-state index >= 15 is 0 Å². The summed E-state index contributed by atoms with van der Waals surface area (Å²) in [6.07, 6.45) is -2.36. The molecule has 13 heavy (non-hydrogen) atoms. The molecule has 2 N–H and O–H groups in total. The first kappa shape index (κ1) is 9.96. The van der Waals surface area contributed by atoms with Crippen molar-refractivity contribution >= 4 is 5.69 Å². The van der Waals surface area contributed by atoms with Crippen molar-refractivity contribution in [2.75, 3.05) is 5.73 Å². The molecule has 0 amide bonds. The van der Waals surface area contributed by atoms with Crippen molar-refractivity contribution < 1.29 is 8.78 Å². The van der Waals surface area contributed by atoms with E-state index in [9.17, 15) is 8.78 Å². The predicted molar refractivity (Wildman–Crippen MR) is 49.9 cm³/mol. The van der Waals surface area contributed by atoms with Gasteiger partial charge in [-0.1, -0.05) is 26.0 Å². The first-order valence-corrected chi connectivity index (χ1v) is 4.09. The molecule has 1 aromatic carbocycles. The zero-order valence-electron chi connectivity index (χ0n) is 7.72. The minimum Gasteiger partial charge on any atom is -0.399 e. The molecular formula is C10H13F2N. The smallest absolute Gasteiger partial charge is 0.247 e. The summed E-state index contributed by atoms with van der Waals surface area (Å²) < 4.78 is 25.1. The average molecular weight is 185 g/mol. The molecule has 1 rings (SSSR count). The minimum atomic E-state index is -2.36. The SMILES string of the molecule is CC(C)(c1ccc(N)cc1)C(F)F. The molecule has 0 unspecified atom stereocenters. The van der Waals surface area contributed by atoms with Crippen molar-refractivity contribution in [3.05, 3.63) is 29.8 Å². The van der Waals surface area contributed by atoms with Crippen molar-refractivity contribution in [1.29, 1.82) is 0 Å². The molecule has 0 aliphatic carbocycles. The van der Waals surface area contributed by atoms with Gasteiger partial charge in [0, 0.05) is 5.69 Å². The highest BCUT2D eigenvalue weighted by atomic mass is 19.3. The maximum atomic E-state index is 12.6. The van der Waals surface area contributed by atoms with Crippen molar-refractivity contribution in [1.82, 2.24) is 0 Å². The van der Waals surface area contributed by atoms with Gasteiger partial charge in [0.15, 0.2) is 0 Å². The molecule has 0 spiro atoms. The van der Waals surface area contributed by atoms with Gasteiger partial charge in [-0.05, 0) is 17.7 Å². The van der Waals surface area contributed by atoms with Crippen LogP contribution in [0.15, 0.2) is 24.3 Å². The molecule has 0 fully saturated rings. The Morgan fingerprint density at radius 2 is 1.62 bits per heavy atom. The van der Waals surface area contributed by atoms with Crippen molar-refractivity contribution in [2.45, 2.75) is 25.7 Å². The standard InChI is InChI=1S/C10H13F2N/c1-10(2,9(11)12)7-3-5-8(13)6-4-7/h3-6,9H,13H2,1-2H3. The number of benzene rings is 1. The monoisotopic (exact) mass is 185 g/mol. The minimum absolute atomic E-state index is 0.591. The van der Waals surface area contributed by atoms with E-state index in [2.05, 4.69) is 0 Å². The van der Waals surface area contributed by atoms with Gasteiger partial charge in [-0.3, -0.25) is 0 Å². The zero-order chi connectivity index (χ0) is 10.1. The van der Waals surface area contributed by atoms with Crippen LogP contribution in [-0.2, 0) is 5.41 Å². The van der Waals surface area contributed by atoms with Gasteiger partial charge >= 0.3 is 0 Å². The lowest BCUT2D eigenvalue weighted by molar-refractivity contribution is 0.0694. The third-order valence-corrected chi connectivity index (χ3v) is 2.20. The molecule has 1 aromatic rings. The molecule has 0 aromatic heterocycles. The highest BCUT2D eigenvalue weighted by molar-refractivity contribution is 5.41. The van der Waals surface area contributed by atoms with Gasteiger partial charge in [0.25, 0.3) is 0 Å². The average Bonchev–Trinajstić information content (AvgIpc) is 2.04. The van der Waals surface area contributed by atoms with Crippen LogP contribution in [0.1, 0.15) is 19.4 Å². The van der Waals surface area contributed by atoms with E-state index in [1.54, 1.807) is 24.3 Å². The van der Waals surface area contributed by atoms with Crippen LogP contribution in [0.5, 0.6) is 0 Å². The Hall–Kier alpha value is -1.12. The fourth-order valence-electron chi connectivity index (χ4n) is 1.04. The third-order valence-electron chi connectivity index (χ3n) is 2.20. The molecule has 3 heteroatoms. The second kappa shape index (κ2) is 3.32. The largest absolute Gasteiger partial charge is 0.399 e. The summed E-state index contributed by atoms with van der Waals surface area (Å²) in [6.45, 7) is 3.03. The maximum Gasteiger partial charge on any atom is 0.247 e. The first-order valence-electron chi connectivity index (χ1n) is 4.09. The molecule has 1 nitrogen and oxygen atoms in total. The van der Waals surface area contributed by atoms with Crippen LogP contribution in [0.3, 0.4) is 0 Å². The summed E-state index contributed by atoms with van der Waals surface area (Å²) in [5.41, 5.74) is 5.55. The molecule has 0 aliphatic rings. The fraction of sp³-hybridized carbons (Fsp3) is 0.400. The van der Waals surface area contributed by atoms with Crippen LogP contribution in [-0.4, -0.2) is 6.43 Å². The number of hydrogen-bond donors (Lipinski definition) is 1. The van der Waals surface area contributed by atoms with Gasteiger partial charge in [0.05, 0.1) is 5.41 Å². The van der Waals surface area contributed by atoms with Crippen LogP contribution in [0.4, 0.5) is 14.5 Å². The van der Waals surface area contributed by atoms with Crippen LogP contribution < -0.4 is 5.73 Å². The van der Waals surface area contributed by atoms with E-state index in [1.165, 1.54) is 13.8 Å². The Kier molecular flexibility index (Phi) is 2.55. The first-order chi connectivity index (χ1) is 5.94. The molecular weight excluding hydrogens is 172 g/mol. The molecule has 72 valence electrons. The lowest BCUT2D eigenvalue weighted by Crippen LogP contribution is -2.26. The summed E-state index contributed by atoms with van der Waals surface area (Å²) in [7, 11) is 0. The number of halogens is 2. The lowest BCUT2D eigenvalue weighted by Gasteiger charge is -2.23. The normalized spacial score (nSPS) is 12.1. The van der Waals surface area contributed by atoms with Crippen molar-refractivity contribution in [3.8, 4) is 0 Å². The Bertz CT molecular complexity index is 277. The van der Waals surface area contributed by atoms with Crippen LogP contribution in [0.2, 0.25) is 0 Å². The number of rotatable bonds is 2. The quantitative estimate of drug-likeness (QED) is 0.704. The van der Waals surface area contributed by atoms with Gasteiger partial charge in [0.1, 0.15) is 0 Å². The molecule has 0 saturated heterocycles. The number of hydrogen-bond acceptors (Lipinski definition) is 1. The summed E-state index contributed by atoms with van der Waals surface area (Å²) in [6, 6.07) is 6.56. The maximum absolute atomic E-state index is 12.6. The van der Waals surface area contributed by atoms with Crippen LogP contribution in [0, 0.1) is 0 Å². The van der Waals surface area contributed by atoms with E-state index in [0.29, 0.717) is 11.3 Å². The number of nitrogens with two attached hydrogens (primary N) is 1. The van der Waals surface area contributed by atoms with E-state index in [4.69, 9.17) is 5.73 Å². The molecule has 0 heterocycles. The van der Waals surface area contributed by atoms with Crippen LogP contribution in [0.25, 0.3) is 0 Å². The second-order valence-electron chi connectivity index (χ2n) is 3.64. The summed E-state index contributed by atoms with van der Waals surface area (Å²) in [4.78, 5) is 0. The van der Waals surface area contributed by atoms with Crippen LogP contribution >= 0.6 is 0 Å². The zero-order valence-corrected chi connectivity index (χ0v) is 7.72. The Balaban J connectivity index is 3.01. The highest BCUT2D eigenvalue weighted by Crippen LogP contribution is 2.30. The summed E-state index contributed by atoms with van der Waals surface area (Å²) >= 11 is 0. The highest BCUT2D eigenvalue weighted by Gasteiger charge is 2.31. The summed E-state index contributed by atoms with van der Waals surface area (Å²) in [5, 5.41) is 0. The molecule has 0 atom stereocenters.